The molecule has 0 radical (unpaired) electrons. The van der Waals surface area contributed by atoms with Gasteiger partial charge in [0.1, 0.15) is 6.04 Å². The van der Waals surface area contributed by atoms with Gasteiger partial charge in [-0.1, -0.05) is 54.6 Å². The number of benzene rings is 3. The average Bonchev–Trinajstić information content (AvgIpc) is 3.54. The number of hydrogen-bond donors (Lipinski definition) is 3. The Morgan fingerprint density at radius 2 is 1.80 bits per heavy atom. The van der Waals surface area contributed by atoms with Gasteiger partial charge in [-0.25, -0.2) is 10.2 Å². The van der Waals surface area contributed by atoms with Crippen molar-refractivity contribution < 1.29 is 14.3 Å². The van der Waals surface area contributed by atoms with Crippen molar-refractivity contribution in [3.8, 4) is 6.07 Å². The lowest BCUT2D eigenvalue weighted by molar-refractivity contribution is -0.123. The molecule has 9 nitrogen and oxygen atoms in total. The van der Waals surface area contributed by atoms with Gasteiger partial charge in [-0.05, 0) is 36.2 Å². The second kappa shape index (κ2) is 12.0. The summed E-state index contributed by atoms with van der Waals surface area (Å²) in [6.45, 7) is 2.41. The SMILES string of the molecule is CCOC(=O)N[C@H](Cc1c[nH]c2ccccc12)C(=O)N/N=C\c1cn(Cc2ccccc2C#N)c2ccccc12. The van der Waals surface area contributed by atoms with E-state index in [0.717, 1.165) is 38.5 Å². The predicted molar refractivity (Wildman–Crippen MR) is 154 cm³/mol. The maximum absolute atomic E-state index is 13.2. The Labute approximate surface area is 231 Å². The van der Waals surface area contributed by atoms with Crippen molar-refractivity contribution in [2.45, 2.75) is 25.9 Å². The zero-order valence-corrected chi connectivity index (χ0v) is 21.9. The van der Waals surface area contributed by atoms with E-state index in [1.807, 2.05) is 79.1 Å². The maximum Gasteiger partial charge on any atom is 0.407 e. The first-order valence-corrected chi connectivity index (χ1v) is 12.9. The molecule has 0 saturated carbocycles. The van der Waals surface area contributed by atoms with Gasteiger partial charge in [0.05, 0.1) is 24.5 Å². The Hall–Kier alpha value is -5.36. The number of nitriles is 1. The molecular weight excluding hydrogens is 504 g/mol. The van der Waals surface area contributed by atoms with Crippen molar-refractivity contribution >= 4 is 40.0 Å². The van der Waals surface area contributed by atoms with E-state index in [2.05, 4.69) is 31.5 Å². The number of rotatable bonds is 9. The maximum atomic E-state index is 13.2. The lowest BCUT2D eigenvalue weighted by Gasteiger charge is -2.16. The number of para-hydroxylation sites is 2. The number of hydrazone groups is 1. The van der Waals surface area contributed by atoms with Crippen LogP contribution in [0.1, 0.15) is 29.2 Å². The highest BCUT2D eigenvalue weighted by Gasteiger charge is 2.23. The molecule has 40 heavy (non-hydrogen) atoms. The predicted octanol–water partition coefficient (Wildman–Crippen LogP) is 4.85. The molecule has 0 unspecified atom stereocenters. The van der Waals surface area contributed by atoms with Crippen LogP contribution in [0.4, 0.5) is 4.79 Å². The van der Waals surface area contributed by atoms with Crippen LogP contribution in [0.2, 0.25) is 0 Å². The summed E-state index contributed by atoms with van der Waals surface area (Å²) in [4.78, 5) is 28.6. The van der Waals surface area contributed by atoms with Crippen molar-refractivity contribution in [3.63, 3.8) is 0 Å². The summed E-state index contributed by atoms with van der Waals surface area (Å²) in [5.41, 5.74) is 7.72. The molecule has 0 saturated heterocycles. The number of amides is 2. The molecule has 0 spiro atoms. The molecular formula is C31H28N6O3. The summed E-state index contributed by atoms with van der Waals surface area (Å²) in [6.07, 6.45) is 4.93. The third kappa shape index (κ3) is 5.71. The largest absolute Gasteiger partial charge is 0.450 e. The number of alkyl carbamates (subject to hydrolysis) is 1. The number of carbonyl (C=O) groups excluding carboxylic acids is 2. The quantitative estimate of drug-likeness (QED) is 0.185. The number of aromatic amines is 1. The molecule has 0 aliphatic heterocycles. The van der Waals surface area contributed by atoms with Gasteiger partial charge in [-0.15, -0.1) is 0 Å². The van der Waals surface area contributed by atoms with Crippen LogP contribution in [-0.4, -0.2) is 40.4 Å². The van der Waals surface area contributed by atoms with E-state index in [1.54, 1.807) is 19.2 Å². The molecule has 3 aromatic carbocycles. The number of nitrogens with zero attached hydrogens (tertiary/aromatic N) is 3. The lowest BCUT2D eigenvalue weighted by Crippen LogP contribution is -2.47. The van der Waals surface area contributed by atoms with E-state index < -0.39 is 18.0 Å². The van der Waals surface area contributed by atoms with Crippen LogP contribution in [0.3, 0.4) is 0 Å². The van der Waals surface area contributed by atoms with Crippen LogP contribution >= 0.6 is 0 Å². The minimum absolute atomic E-state index is 0.189. The molecule has 2 heterocycles. The lowest BCUT2D eigenvalue weighted by atomic mass is 10.0. The number of ether oxygens (including phenoxy) is 1. The topological polar surface area (TPSA) is 124 Å². The van der Waals surface area contributed by atoms with Crippen LogP contribution < -0.4 is 10.7 Å². The van der Waals surface area contributed by atoms with Gasteiger partial charge in [0, 0.05) is 52.7 Å². The van der Waals surface area contributed by atoms with Crippen molar-refractivity contribution in [3.05, 3.63) is 107 Å². The van der Waals surface area contributed by atoms with Gasteiger partial charge in [-0.2, -0.15) is 10.4 Å². The van der Waals surface area contributed by atoms with E-state index >= 15 is 0 Å². The number of aromatic nitrogens is 2. The normalized spacial score (nSPS) is 11.9. The second-order valence-corrected chi connectivity index (χ2v) is 9.21. The average molecular weight is 533 g/mol. The molecule has 2 amide bonds. The molecule has 0 aliphatic rings. The Balaban J connectivity index is 1.36. The molecule has 9 heteroatoms. The Kier molecular flexibility index (Phi) is 7.88. The minimum Gasteiger partial charge on any atom is -0.450 e. The zero-order valence-electron chi connectivity index (χ0n) is 21.9. The summed E-state index contributed by atoms with van der Waals surface area (Å²) < 4.78 is 7.07. The van der Waals surface area contributed by atoms with Crippen molar-refractivity contribution in [2.24, 2.45) is 5.10 Å². The monoisotopic (exact) mass is 532 g/mol. The van der Waals surface area contributed by atoms with Crippen LogP contribution in [0.25, 0.3) is 21.8 Å². The first kappa shape index (κ1) is 26.3. The number of nitrogens with one attached hydrogen (secondary N) is 3. The smallest absolute Gasteiger partial charge is 0.407 e. The van der Waals surface area contributed by atoms with E-state index in [-0.39, 0.29) is 13.0 Å². The van der Waals surface area contributed by atoms with Gasteiger partial charge in [-0.3, -0.25) is 4.79 Å². The fourth-order valence-electron chi connectivity index (χ4n) is 4.75. The van der Waals surface area contributed by atoms with Gasteiger partial charge in [0.25, 0.3) is 5.91 Å². The first-order chi connectivity index (χ1) is 19.6. The number of hydrogen-bond acceptors (Lipinski definition) is 5. The van der Waals surface area contributed by atoms with E-state index in [4.69, 9.17) is 4.74 Å². The first-order valence-electron chi connectivity index (χ1n) is 12.9. The van der Waals surface area contributed by atoms with E-state index in [1.165, 1.54) is 0 Å². The fourth-order valence-corrected chi connectivity index (χ4v) is 4.75. The van der Waals surface area contributed by atoms with E-state index in [0.29, 0.717) is 12.1 Å². The van der Waals surface area contributed by atoms with Gasteiger partial charge < -0.3 is 19.6 Å². The summed E-state index contributed by atoms with van der Waals surface area (Å²) in [5, 5.41) is 18.3. The fraction of sp³-hybridized carbons (Fsp3) is 0.161. The molecule has 200 valence electrons. The molecule has 0 bridgehead atoms. The van der Waals surface area contributed by atoms with Gasteiger partial charge in [0.2, 0.25) is 0 Å². The van der Waals surface area contributed by atoms with Crippen molar-refractivity contribution in [2.75, 3.05) is 6.61 Å². The van der Waals surface area contributed by atoms with Crippen LogP contribution in [0.15, 0.2) is 90.3 Å². The molecule has 2 aromatic heterocycles. The second-order valence-electron chi connectivity index (χ2n) is 9.21. The molecule has 5 aromatic rings. The van der Waals surface area contributed by atoms with Crippen molar-refractivity contribution in [1.82, 2.24) is 20.3 Å². The third-order valence-electron chi connectivity index (χ3n) is 6.66. The Morgan fingerprint density at radius 3 is 2.62 bits per heavy atom. The highest BCUT2D eigenvalue weighted by molar-refractivity contribution is 6.00. The number of carbonyl (C=O) groups is 2. The summed E-state index contributed by atoms with van der Waals surface area (Å²) >= 11 is 0. The molecule has 0 fully saturated rings. The molecule has 0 aliphatic carbocycles. The molecule has 5 rings (SSSR count). The van der Waals surface area contributed by atoms with Gasteiger partial charge >= 0.3 is 6.09 Å². The van der Waals surface area contributed by atoms with E-state index in [9.17, 15) is 14.9 Å². The summed E-state index contributed by atoms with van der Waals surface area (Å²) in [6, 6.07) is 24.5. The molecule has 1 atom stereocenters. The summed E-state index contributed by atoms with van der Waals surface area (Å²) in [5.74, 6) is -0.471. The third-order valence-corrected chi connectivity index (χ3v) is 6.66. The summed E-state index contributed by atoms with van der Waals surface area (Å²) in [7, 11) is 0. The minimum atomic E-state index is -0.903. The highest BCUT2D eigenvalue weighted by atomic mass is 16.5. The standard InChI is InChI=1S/C31H28N6O3/c1-2-40-31(39)35-28(15-23-17-33-27-13-7-5-11-25(23)27)30(38)36-34-18-24-20-37(29-14-8-6-12-26(24)29)19-22-10-4-3-9-21(22)16-32/h3-14,17-18,20,28,33H,2,15,19H2,1H3,(H,35,39)(H,36,38)/b34-18-/t28-/m1/s1. The van der Waals surface area contributed by atoms with Crippen LogP contribution in [-0.2, 0) is 22.5 Å². The number of fused-ring (bicyclic) bond motifs is 2. The Morgan fingerprint density at radius 1 is 1.05 bits per heavy atom. The number of H-pyrrole nitrogens is 1. The Bertz CT molecular complexity index is 1740. The zero-order chi connectivity index (χ0) is 27.9. The van der Waals surface area contributed by atoms with Crippen molar-refractivity contribution in [1.29, 1.82) is 5.26 Å². The van der Waals surface area contributed by atoms with Crippen LogP contribution in [0.5, 0.6) is 0 Å². The van der Waals surface area contributed by atoms with Crippen LogP contribution in [0, 0.1) is 11.3 Å². The van der Waals surface area contributed by atoms with Gasteiger partial charge in [0.15, 0.2) is 0 Å². The highest BCUT2D eigenvalue weighted by Crippen LogP contribution is 2.22. The molecule has 3 N–H and O–H groups in total.